The summed E-state index contributed by atoms with van der Waals surface area (Å²) in [4.78, 5) is 11.9. The van der Waals surface area contributed by atoms with Crippen LogP contribution in [0.15, 0.2) is 40.8 Å². The number of methoxy groups -OCH3 is 1. The number of aryl methyl sites for hydroxylation is 1. The number of ether oxygens (including phenoxy) is 2. The van der Waals surface area contributed by atoms with Crippen molar-refractivity contribution in [3.05, 3.63) is 53.5 Å². The molecule has 4 heteroatoms. The number of allylic oxidation sites excluding steroid dienone is 1. The molecule has 1 heterocycles. The Kier molecular flexibility index (Phi) is 4.82. The number of ketones is 1. The largest absolute Gasteiger partial charge is 0.493 e. The number of hydrogen-bond donors (Lipinski definition) is 0. The third-order valence-electron chi connectivity index (χ3n) is 2.90. The summed E-state index contributed by atoms with van der Waals surface area (Å²) in [7, 11) is 1.59. The molecule has 0 aliphatic heterocycles. The van der Waals surface area contributed by atoms with Gasteiger partial charge in [-0.25, -0.2) is 0 Å². The molecule has 0 amide bonds. The first kappa shape index (κ1) is 14.9. The second kappa shape index (κ2) is 6.79. The van der Waals surface area contributed by atoms with E-state index in [0.717, 1.165) is 11.3 Å². The van der Waals surface area contributed by atoms with Crippen molar-refractivity contribution in [1.82, 2.24) is 0 Å². The van der Waals surface area contributed by atoms with Crippen molar-refractivity contribution in [2.75, 3.05) is 13.7 Å². The average molecular weight is 286 g/mol. The SMILES string of the molecule is CCOc1cc(/C=C/C(=O)c2ccc(C)o2)ccc1OC. The van der Waals surface area contributed by atoms with Gasteiger partial charge in [0.15, 0.2) is 17.3 Å². The highest BCUT2D eigenvalue weighted by Crippen LogP contribution is 2.28. The average Bonchev–Trinajstić information content (AvgIpc) is 2.92. The van der Waals surface area contributed by atoms with E-state index < -0.39 is 0 Å². The zero-order chi connectivity index (χ0) is 15.2. The Labute approximate surface area is 124 Å². The summed E-state index contributed by atoms with van der Waals surface area (Å²) in [5, 5.41) is 0. The molecule has 0 radical (unpaired) electrons. The lowest BCUT2D eigenvalue weighted by atomic mass is 10.1. The number of hydrogen-bond acceptors (Lipinski definition) is 4. The molecule has 0 fully saturated rings. The molecule has 2 rings (SSSR count). The summed E-state index contributed by atoms with van der Waals surface area (Å²) in [6.45, 7) is 4.26. The Hall–Kier alpha value is -2.49. The van der Waals surface area contributed by atoms with Crippen LogP contribution in [-0.4, -0.2) is 19.5 Å². The number of carbonyl (C=O) groups is 1. The first-order valence-electron chi connectivity index (χ1n) is 6.73. The molecular formula is C17H18O4. The van der Waals surface area contributed by atoms with Crippen molar-refractivity contribution in [3.8, 4) is 11.5 Å². The summed E-state index contributed by atoms with van der Waals surface area (Å²) in [5.41, 5.74) is 0.857. The lowest BCUT2D eigenvalue weighted by Gasteiger charge is -2.09. The maximum Gasteiger partial charge on any atom is 0.221 e. The Bertz CT molecular complexity index is 653. The van der Waals surface area contributed by atoms with Gasteiger partial charge in [-0.15, -0.1) is 0 Å². The Morgan fingerprint density at radius 3 is 2.67 bits per heavy atom. The molecule has 0 aliphatic rings. The molecule has 21 heavy (non-hydrogen) atoms. The Morgan fingerprint density at radius 2 is 2.05 bits per heavy atom. The fourth-order valence-electron chi connectivity index (χ4n) is 1.89. The molecule has 0 unspecified atom stereocenters. The highest BCUT2D eigenvalue weighted by molar-refractivity contribution is 6.04. The monoisotopic (exact) mass is 286 g/mol. The fourth-order valence-corrected chi connectivity index (χ4v) is 1.89. The molecule has 0 atom stereocenters. The van der Waals surface area contributed by atoms with Gasteiger partial charge in [-0.3, -0.25) is 4.79 Å². The third-order valence-corrected chi connectivity index (χ3v) is 2.90. The molecule has 0 spiro atoms. The van der Waals surface area contributed by atoms with Crippen LogP contribution >= 0.6 is 0 Å². The second-order valence-corrected chi connectivity index (χ2v) is 4.45. The molecular weight excluding hydrogens is 268 g/mol. The summed E-state index contributed by atoms with van der Waals surface area (Å²) >= 11 is 0. The van der Waals surface area contributed by atoms with E-state index >= 15 is 0 Å². The highest BCUT2D eigenvalue weighted by atomic mass is 16.5. The van der Waals surface area contributed by atoms with Crippen LogP contribution in [0.1, 0.15) is 28.8 Å². The number of furan rings is 1. The van der Waals surface area contributed by atoms with Crippen molar-refractivity contribution in [1.29, 1.82) is 0 Å². The third kappa shape index (κ3) is 3.75. The van der Waals surface area contributed by atoms with Crippen molar-refractivity contribution in [3.63, 3.8) is 0 Å². The maximum atomic E-state index is 11.9. The van der Waals surface area contributed by atoms with E-state index in [1.165, 1.54) is 6.08 Å². The van der Waals surface area contributed by atoms with Crippen LogP contribution < -0.4 is 9.47 Å². The standard InChI is InChI=1S/C17H18O4/c1-4-20-17-11-13(7-10-16(17)19-3)6-8-14(18)15-9-5-12(2)21-15/h5-11H,4H2,1-3H3/b8-6+. The number of benzene rings is 1. The zero-order valence-corrected chi connectivity index (χ0v) is 12.4. The van der Waals surface area contributed by atoms with Gasteiger partial charge in [-0.1, -0.05) is 12.1 Å². The van der Waals surface area contributed by atoms with Crippen molar-refractivity contribution < 1.29 is 18.7 Å². The molecule has 0 saturated heterocycles. The second-order valence-electron chi connectivity index (χ2n) is 4.45. The molecule has 0 saturated carbocycles. The molecule has 110 valence electrons. The van der Waals surface area contributed by atoms with Crippen LogP contribution in [0.4, 0.5) is 0 Å². The fraction of sp³-hybridized carbons (Fsp3) is 0.235. The van der Waals surface area contributed by atoms with Crippen molar-refractivity contribution in [2.24, 2.45) is 0 Å². The molecule has 2 aromatic rings. The minimum absolute atomic E-state index is 0.170. The van der Waals surface area contributed by atoms with Gasteiger partial charge in [0.25, 0.3) is 0 Å². The molecule has 1 aromatic carbocycles. The number of rotatable bonds is 6. The van der Waals surface area contributed by atoms with E-state index in [1.807, 2.05) is 25.1 Å². The smallest absolute Gasteiger partial charge is 0.221 e. The van der Waals surface area contributed by atoms with E-state index in [4.69, 9.17) is 13.9 Å². The summed E-state index contributed by atoms with van der Waals surface area (Å²) in [6.07, 6.45) is 3.21. The van der Waals surface area contributed by atoms with E-state index in [2.05, 4.69) is 0 Å². The van der Waals surface area contributed by atoms with Crippen LogP contribution in [0.25, 0.3) is 6.08 Å². The van der Waals surface area contributed by atoms with Gasteiger partial charge in [0.2, 0.25) is 5.78 Å². The lowest BCUT2D eigenvalue weighted by molar-refractivity contribution is 0.102. The van der Waals surface area contributed by atoms with Gasteiger partial charge < -0.3 is 13.9 Å². The Morgan fingerprint density at radius 1 is 1.24 bits per heavy atom. The van der Waals surface area contributed by atoms with E-state index in [1.54, 1.807) is 32.2 Å². The zero-order valence-electron chi connectivity index (χ0n) is 12.4. The van der Waals surface area contributed by atoms with Gasteiger partial charge in [-0.2, -0.15) is 0 Å². The lowest BCUT2D eigenvalue weighted by Crippen LogP contribution is -1.95. The minimum Gasteiger partial charge on any atom is -0.493 e. The van der Waals surface area contributed by atoms with Crippen LogP contribution in [0.3, 0.4) is 0 Å². The van der Waals surface area contributed by atoms with Gasteiger partial charge in [0.05, 0.1) is 13.7 Å². The minimum atomic E-state index is -0.170. The predicted molar refractivity (Wildman–Crippen MR) is 81.0 cm³/mol. The highest BCUT2D eigenvalue weighted by Gasteiger charge is 2.07. The first-order valence-corrected chi connectivity index (χ1v) is 6.73. The van der Waals surface area contributed by atoms with Crippen molar-refractivity contribution in [2.45, 2.75) is 13.8 Å². The van der Waals surface area contributed by atoms with Gasteiger partial charge in [-0.05, 0) is 49.8 Å². The van der Waals surface area contributed by atoms with Crippen LogP contribution in [-0.2, 0) is 0 Å². The van der Waals surface area contributed by atoms with Gasteiger partial charge in [0.1, 0.15) is 5.76 Å². The van der Waals surface area contributed by atoms with Gasteiger partial charge >= 0.3 is 0 Å². The van der Waals surface area contributed by atoms with E-state index in [0.29, 0.717) is 23.9 Å². The molecule has 0 aliphatic carbocycles. The van der Waals surface area contributed by atoms with Gasteiger partial charge in [0, 0.05) is 0 Å². The topological polar surface area (TPSA) is 48.7 Å². The molecule has 0 bridgehead atoms. The maximum absolute atomic E-state index is 11.9. The van der Waals surface area contributed by atoms with Crippen LogP contribution in [0.2, 0.25) is 0 Å². The summed E-state index contributed by atoms with van der Waals surface area (Å²) in [6, 6.07) is 8.94. The van der Waals surface area contributed by atoms with Crippen molar-refractivity contribution >= 4 is 11.9 Å². The molecule has 1 aromatic heterocycles. The Balaban J connectivity index is 2.17. The summed E-state index contributed by atoms with van der Waals surface area (Å²) < 4.78 is 16.0. The van der Waals surface area contributed by atoms with E-state index in [9.17, 15) is 4.79 Å². The normalized spacial score (nSPS) is 10.8. The van der Waals surface area contributed by atoms with E-state index in [-0.39, 0.29) is 5.78 Å². The quantitative estimate of drug-likeness (QED) is 0.597. The first-order chi connectivity index (χ1) is 10.1. The summed E-state index contributed by atoms with van der Waals surface area (Å²) in [5.74, 6) is 2.21. The predicted octanol–water partition coefficient (Wildman–Crippen LogP) is 3.89. The van der Waals surface area contributed by atoms with Crippen LogP contribution in [0, 0.1) is 6.92 Å². The molecule has 0 N–H and O–H groups in total. The number of carbonyl (C=O) groups excluding carboxylic acids is 1. The van der Waals surface area contributed by atoms with Crippen LogP contribution in [0.5, 0.6) is 11.5 Å². The molecule has 4 nitrogen and oxygen atoms in total.